The summed E-state index contributed by atoms with van der Waals surface area (Å²) >= 11 is 5.56. The standard InChI is InChI=1S/C7H7ClN2O4S/c8-4-2-5(9)3(7(11)12)1-6(4)15(10,13)14/h1-2H,9H2,(H,11,12)(H2,10,13,14). The number of sulfonamides is 1. The summed E-state index contributed by atoms with van der Waals surface area (Å²) < 4.78 is 22.0. The summed E-state index contributed by atoms with van der Waals surface area (Å²) in [6.07, 6.45) is 0. The Hall–Kier alpha value is -1.31. The Balaban J connectivity index is 3.58. The van der Waals surface area contributed by atoms with Crippen LogP contribution in [-0.2, 0) is 10.0 Å². The number of anilines is 1. The molecule has 1 rings (SSSR count). The topological polar surface area (TPSA) is 123 Å². The number of rotatable bonds is 2. The van der Waals surface area contributed by atoms with Crippen molar-refractivity contribution in [2.24, 2.45) is 5.14 Å². The van der Waals surface area contributed by atoms with E-state index in [4.69, 9.17) is 27.6 Å². The summed E-state index contributed by atoms with van der Waals surface area (Å²) in [5.74, 6) is -1.35. The van der Waals surface area contributed by atoms with Gasteiger partial charge in [0.25, 0.3) is 0 Å². The van der Waals surface area contributed by atoms with Gasteiger partial charge >= 0.3 is 5.97 Å². The third kappa shape index (κ3) is 2.38. The van der Waals surface area contributed by atoms with Crippen molar-refractivity contribution in [3.63, 3.8) is 0 Å². The molecule has 0 bridgehead atoms. The molecule has 0 spiro atoms. The second-order valence-corrected chi connectivity index (χ2v) is 4.66. The number of nitrogens with two attached hydrogens (primary N) is 2. The van der Waals surface area contributed by atoms with E-state index in [1.54, 1.807) is 0 Å². The monoisotopic (exact) mass is 250 g/mol. The van der Waals surface area contributed by atoms with Crippen molar-refractivity contribution in [2.75, 3.05) is 5.73 Å². The SMILES string of the molecule is Nc1cc(Cl)c(S(N)(=O)=O)cc1C(=O)O. The molecule has 0 heterocycles. The normalized spacial score (nSPS) is 11.3. The van der Waals surface area contributed by atoms with Crippen molar-refractivity contribution < 1.29 is 18.3 Å². The summed E-state index contributed by atoms with van der Waals surface area (Å²) in [5, 5.41) is 13.3. The molecule has 6 nitrogen and oxygen atoms in total. The van der Waals surface area contributed by atoms with Gasteiger partial charge in [-0.1, -0.05) is 11.6 Å². The van der Waals surface area contributed by atoms with Gasteiger partial charge in [0.05, 0.1) is 10.6 Å². The highest BCUT2D eigenvalue weighted by molar-refractivity contribution is 7.89. The smallest absolute Gasteiger partial charge is 0.337 e. The molecule has 0 unspecified atom stereocenters. The van der Waals surface area contributed by atoms with Gasteiger partial charge in [0.15, 0.2) is 0 Å². The van der Waals surface area contributed by atoms with E-state index in [0.29, 0.717) is 0 Å². The highest BCUT2D eigenvalue weighted by Crippen LogP contribution is 2.26. The van der Waals surface area contributed by atoms with E-state index in [-0.39, 0.29) is 16.3 Å². The van der Waals surface area contributed by atoms with Crippen LogP contribution in [0.1, 0.15) is 10.4 Å². The molecular weight excluding hydrogens is 244 g/mol. The summed E-state index contributed by atoms with van der Waals surface area (Å²) in [6.45, 7) is 0. The molecule has 0 aromatic heterocycles. The van der Waals surface area contributed by atoms with E-state index in [0.717, 1.165) is 12.1 Å². The minimum absolute atomic E-state index is 0.125. The van der Waals surface area contributed by atoms with Crippen LogP contribution in [0.25, 0.3) is 0 Å². The number of carboxylic acids is 1. The third-order valence-corrected chi connectivity index (χ3v) is 3.02. The Bertz CT molecular complexity index is 526. The first-order valence-electron chi connectivity index (χ1n) is 3.58. The molecule has 0 radical (unpaired) electrons. The molecule has 0 aliphatic carbocycles. The maximum absolute atomic E-state index is 11.0. The van der Waals surface area contributed by atoms with Crippen molar-refractivity contribution in [3.05, 3.63) is 22.7 Å². The van der Waals surface area contributed by atoms with Crippen molar-refractivity contribution in [1.29, 1.82) is 0 Å². The van der Waals surface area contributed by atoms with Gasteiger partial charge in [-0.3, -0.25) is 0 Å². The van der Waals surface area contributed by atoms with E-state index in [1.807, 2.05) is 0 Å². The molecule has 8 heteroatoms. The van der Waals surface area contributed by atoms with Gasteiger partial charge in [0.2, 0.25) is 10.0 Å². The van der Waals surface area contributed by atoms with E-state index in [9.17, 15) is 13.2 Å². The Morgan fingerprint density at radius 2 is 1.93 bits per heavy atom. The van der Waals surface area contributed by atoms with Gasteiger partial charge in [-0.05, 0) is 12.1 Å². The lowest BCUT2D eigenvalue weighted by Gasteiger charge is -2.05. The van der Waals surface area contributed by atoms with Crippen LogP contribution in [0.15, 0.2) is 17.0 Å². The number of aromatic carboxylic acids is 1. The lowest BCUT2D eigenvalue weighted by atomic mass is 10.2. The Morgan fingerprint density at radius 3 is 2.33 bits per heavy atom. The fourth-order valence-electron chi connectivity index (χ4n) is 0.972. The van der Waals surface area contributed by atoms with Gasteiger partial charge < -0.3 is 10.8 Å². The van der Waals surface area contributed by atoms with Crippen LogP contribution in [-0.4, -0.2) is 19.5 Å². The zero-order valence-corrected chi connectivity index (χ0v) is 8.84. The number of carbonyl (C=O) groups is 1. The molecule has 1 aromatic carbocycles. The second kappa shape index (κ2) is 3.69. The fourth-order valence-corrected chi connectivity index (χ4v) is 2.08. The molecule has 0 fully saturated rings. The van der Waals surface area contributed by atoms with Crippen LogP contribution in [0.4, 0.5) is 5.69 Å². The predicted molar refractivity (Wildman–Crippen MR) is 54.2 cm³/mol. The van der Waals surface area contributed by atoms with Gasteiger partial charge in [-0.25, -0.2) is 18.4 Å². The minimum atomic E-state index is -4.06. The number of carboxylic acid groups (broad SMARTS) is 1. The van der Waals surface area contributed by atoms with Gasteiger partial charge in [0.1, 0.15) is 4.90 Å². The first kappa shape index (κ1) is 11.8. The molecule has 82 valence electrons. The van der Waals surface area contributed by atoms with Crippen molar-refractivity contribution in [3.8, 4) is 0 Å². The highest BCUT2D eigenvalue weighted by atomic mass is 35.5. The van der Waals surface area contributed by atoms with Crippen LogP contribution in [0, 0.1) is 0 Å². The lowest BCUT2D eigenvalue weighted by molar-refractivity contribution is 0.0698. The first-order chi connectivity index (χ1) is 6.73. The van der Waals surface area contributed by atoms with Crippen LogP contribution < -0.4 is 10.9 Å². The lowest BCUT2D eigenvalue weighted by Crippen LogP contribution is -2.14. The van der Waals surface area contributed by atoms with Crippen molar-refractivity contribution in [2.45, 2.75) is 4.90 Å². The summed E-state index contributed by atoms with van der Waals surface area (Å²) in [5.41, 5.74) is 4.85. The summed E-state index contributed by atoms with van der Waals surface area (Å²) in [7, 11) is -4.06. The number of hydrogen-bond donors (Lipinski definition) is 3. The Morgan fingerprint density at radius 1 is 1.40 bits per heavy atom. The fraction of sp³-hybridized carbons (Fsp3) is 0. The Kier molecular flexibility index (Phi) is 2.89. The quantitative estimate of drug-likeness (QED) is 0.650. The molecular formula is C7H7ClN2O4S. The third-order valence-electron chi connectivity index (χ3n) is 1.64. The first-order valence-corrected chi connectivity index (χ1v) is 5.51. The molecule has 0 amide bonds. The van der Waals surface area contributed by atoms with Gasteiger partial charge in [-0.2, -0.15) is 0 Å². The zero-order chi connectivity index (χ0) is 11.8. The van der Waals surface area contributed by atoms with Crippen LogP contribution >= 0.6 is 11.6 Å². The molecule has 0 saturated heterocycles. The summed E-state index contributed by atoms with van der Waals surface area (Å²) in [6, 6.07) is 1.86. The molecule has 0 atom stereocenters. The molecule has 1 aromatic rings. The molecule has 0 saturated carbocycles. The van der Waals surface area contributed by atoms with Crippen molar-refractivity contribution in [1.82, 2.24) is 0 Å². The maximum atomic E-state index is 11.0. The number of primary sulfonamides is 1. The zero-order valence-electron chi connectivity index (χ0n) is 7.27. The minimum Gasteiger partial charge on any atom is -0.478 e. The average molecular weight is 251 g/mol. The second-order valence-electron chi connectivity index (χ2n) is 2.72. The largest absolute Gasteiger partial charge is 0.478 e. The van der Waals surface area contributed by atoms with E-state index < -0.39 is 20.9 Å². The Labute approximate surface area is 90.5 Å². The summed E-state index contributed by atoms with van der Waals surface area (Å²) in [4.78, 5) is 10.2. The van der Waals surface area contributed by atoms with E-state index >= 15 is 0 Å². The van der Waals surface area contributed by atoms with Crippen molar-refractivity contribution >= 4 is 33.3 Å². The van der Waals surface area contributed by atoms with Gasteiger partial charge in [0, 0.05) is 5.69 Å². The average Bonchev–Trinajstić information content (AvgIpc) is 2.00. The van der Waals surface area contributed by atoms with Crippen LogP contribution in [0.2, 0.25) is 5.02 Å². The number of benzene rings is 1. The van der Waals surface area contributed by atoms with Crippen LogP contribution in [0.3, 0.4) is 0 Å². The molecule has 5 N–H and O–H groups in total. The predicted octanol–water partition coefficient (Wildman–Crippen LogP) is 0.268. The van der Waals surface area contributed by atoms with Gasteiger partial charge in [-0.15, -0.1) is 0 Å². The molecule has 0 aliphatic rings. The number of nitrogen functional groups attached to an aromatic ring is 1. The van der Waals surface area contributed by atoms with E-state index in [1.165, 1.54) is 0 Å². The molecule has 15 heavy (non-hydrogen) atoms. The number of halogens is 1. The van der Waals surface area contributed by atoms with E-state index in [2.05, 4.69) is 0 Å². The van der Waals surface area contributed by atoms with Crippen LogP contribution in [0.5, 0.6) is 0 Å². The highest BCUT2D eigenvalue weighted by Gasteiger charge is 2.18. The molecule has 0 aliphatic heterocycles. The maximum Gasteiger partial charge on any atom is 0.337 e. The number of hydrogen-bond acceptors (Lipinski definition) is 4.